The lowest BCUT2D eigenvalue weighted by atomic mass is 10.1. The Morgan fingerprint density at radius 2 is 1.94 bits per heavy atom. The molecule has 11 heteroatoms. The summed E-state index contributed by atoms with van der Waals surface area (Å²) in [5.41, 5.74) is 3.66. The number of carbonyl (C=O) groups excluding carboxylic acids is 1. The molecule has 3 aromatic heterocycles. The SMILES string of the molecule is CNC(=O)C[C@@H]1O[C@@H](n2cnc3c(NCc4ccccc4)nc(-c4cnccc4C)nc32)[C@H](O)[C@@H]1O. The number of ether oxygens (including phenoxy) is 1. The van der Waals surface area contributed by atoms with Crippen molar-refractivity contribution in [3.63, 3.8) is 0 Å². The van der Waals surface area contributed by atoms with E-state index in [2.05, 4.69) is 20.6 Å². The third-order valence-corrected chi connectivity index (χ3v) is 6.28. The maximum Gasteiger partial charge on any atom is 0.222 e. The largest absolute Gasteiger partial charge is 0.388 e. The molecule has 11 nitrogen and oxygen atoms in total. The second-order valence-corrected chi connectivity index (χ2v) is 8.67. The van der Waals surface area contributed by atoms with Gasteiger partial charge in [0.25, 0.3) is 0 Å². The molecule has 4 heterocycles. The predicted molar refractivity (Wildman–Crippen MR) is 132 cm³/mol. The Bertz CT molecular complexity index is 1380. The molecule has 186 valence electrons. The molecule has 4 N–H and O–H groups in total. The molecule has 0 radical (unpaired) electrons. The Hall–Kier alpha value is -3.93. The smallest absolute Gasteiger partial charge is 0.222 e. The minimum atomic E-state index is -1.28. The van der Waals surface area contributed by atoms with Crippen LogP contribution in [0.2, 0.25) is 0 Å². The average molecular weight is 490 g/mol. The fourth-order valence-electron chi connectivity index (χ4n) is 4.24. The van der Waals surface area contributed by atoms with Crippen molar-refractivity contribution in [2.45, 2.75) is 44.4 Å². The summed E-state index contributed by atoms with van der Waals surface area (Å²) in [7, 11) is 1.50. The van der Waals surface area contributed by atoms with Gasteiger partial charge in [0.2, 0.25) is 5.91 Å². The van der Waals surface area contributed by atoms with E-state index >= 15 is 0 Å². The minimum absolute atomic E-state index is 0.0865. The topological polar surface area (TPSA) is 147 Å². The molecule has 1 aliphatic heterocycles. The molecule has 1 amide bonds. The first-order valence-electron chi connectivity index (χ1n) is 11.6. The van der Waals surface area contributed by atoms with Crippen molar-refractivity contribution in [3.05, 3.63) is 66.2 Å². The molecule has 0 aliphatic carbocycles. The van der Waals surface area contributed by atoms with E-state index in [1.54, 1.807) is 17.0 Å². The summed E-state index contributed by atoms with van der Waals surface area (Å²) in [5.74, 6) is 0.641. The molecule has 5 rings (SSSR count). The van der Waals surface area contributed by atoms with Gasteiger partial charge in [-0.05, 0) is 24.1 Å². The van der Waals surface area contributed by atoms with Crippen LogP contribution in [0.4, 0.5) is 5.82 Å². The summed E-state index contributed by atoms with van der Waals surface area (Å²) < 4.78 is 7.49. The van der Waals surface area contributed by atoms with Gasteiger partial charge in [0.15, 0.2) is 29.0 Å². The van der Waals surface area contributed by atoms with Gasteiger partial charge in [-0.25, -0.2) is 15.0 Å². The molecule has 0 bridgehead atoms. The quantitative estimate of drug-likeness (QED) is 0.304. The van der Waals surface area contributed by atoms with Crippen molar-refractivity contribution >= 4 is 22.9 Å². The zero-order valence-corrected chi connectivity index (χ0v) is 19.9. The van der Waals surface area contributed by atoms with E-state index in [4.69, 9.17) is 14.7 Å². The van der Waals surface area contributed by atoms with Crippen LogP contribution < -0.4 is 10.6 Å². The van der Waals surface area contributed by atoms with Crippen molar-refractivity contribution < 1.29 is 19.7 Å². The van der Waals surface area contributed by atoms with E-state index in [-0.39, 0.29) is 12.3 Å². The number of aliphatic hydroxyl groups is 2. The number of hydrogen-bond acceptors (Lipinski definition) is 9. The summed E-state index contributed by atoms with van der Waals surface area (Å²) in [5, 5.41) is 27.2. The number of aromatic nitrogens is 5. The summed E-state index contributed by atoms with van der Waals surface area (Å²) in [6, 6.07) is 11.8. The molecular formula is C25H27N7O4. The maximum atomic E-state index is 11.9. The highest BCUT2D eigenvalue weighted by molar-refractivity contribution is 5.85. The molecule has 1 aliphatic rings. The van der Waals surface area contributed by atoms with Gasteiger partial charge in [0.1, 0.15) is 12.2 Å². The van der Waals surface area contributed by atoms with E-state index < -0.39 is 24.5 Å². The molecule has 0 saturated carbocycles. The number of nitrogens with one attached hydrogen (secondary N) is 2. The van der Waals surface area contributed by atoms with E-state index in [0.29, 0.717) is 29.4 Å². The summed E-state index contributed by atoms with van der Waals surface area (Å²) in [6.45, 7) is 2.46. The molecule has 1 aromatic carbocycles. The lowest BCUT2D eigenvalue weighted by molar-refractivity contribution is -0.125. The van der Waals surface area contributed by atoms with Crippen molar-refractivity contribution in [1.29, 1.82) is 0 Å². The van der Waals surface area contributed by atoms with Crippen molar-refractivity contribution in [3.8, 4) is 11.4 Å². The van der Waals surface area contributed by atoms with E-state index in [1.807, 2.05) is 43.3 Å². The highest BCUT2D eigenvalue weighted by Gasteiger charge is 2.45. The van der Waals surface area contributed by atoms with Crippen LogP contribution in [-0.4, -0.2) is 66.0 Å². The van der Waals surface area contributed by atoms with Crippen LogP contribution in [0.3, 0.4) is 0 Å². The van der Waals surface area contributed by atoms with Crippen LogP contribution in [0.25, 0.3) is 22.6 Å². The summed E-state index contributed by atoms with van der Waals surface area (Å²) in [4.78, 5) is 30.1. The van der Waals surface area contributed by atoms with Gasteiger partial charge < -0.3 is 25.6 Å². The highest BCUT2D eigenvalue weighted by Crippen LogP contribution is 2.34. The van der Waals surface area contributed by atoms with Gasteiger partial charge in [-0.1, -0.05) is 30.3 Å². The number of aryl methyl sites for hydroxylation is 1. The number of anilines is 1. The number of nitrogens with zero attached hydrogens (tertiary/aromatic N) is 5. The van der Waals surface area contributed by atoms with Gasteiger partial charge in [-0.2, -0.15) is 0 Å². The molecule has 1 fully saturated rings. The third-order valence-electron chi connectivity index (χ3n) is 6.28. The third kappa shape index (κ3) is 4.51. The van der Waals surface area contributed by atoms with E-state index in [1.165, 1.54) is 13.4 Å². The van der Waals surface area contributed by atoms with Crippen molar-refractivity contribution in [2.75, 3.05) is 12.4 Å². The first-order valence-corrected chi connectivity index (χ1v) is 11.6. The highest BCUT2D eigenvalue weighted by atomic mass is 16.6. The molecule has 1 saturated heterocycles. The van der Waals surface area contributed by atoms with Crippen molar-refractivity contribution in [2.24, 2.45) is 0 Å². The number of fused-ring (bicyclic) bond motifs is 1. The van der Waals surface area contributed by atoms with E-state index in [0.717, 1.165) is 16.7 Å². The maximum absolute atomic E-state index is 11.9. The van der Waals surface area contributed by atoms with Gasteiger partial charge >= 0.3 is 0 Å². The summed E-state index contributed by atoms with van der Waals surface area (Å²) >= 11 is 0. The molecular weight excluding hydrogens is 462 g/mol. The fourth-order valence-corrected chi connectivity index (χ4v) is 4.24. The number of aliphatic hydroxyl groups excluding tert-OH is 2. The normalized spacial score (nSPS) is 21.6. The van der Waals surface area contributed by atoms with Crippen LogP contribution in [0, 0.1) is 6.92 Å². The second kappa shape index (κ2) is 9.97. The Labute approximate surface area is 207 Å². The monoisotopic (exact) mass is 489 g/mol. The number of pyridine rings is 1. The zero-order chi connectivity index (χ0) is 25.2. The van der Waals surface area contributed by atoms with Crippen LogP contribution >= 0.6 is 0 Å². The Morgan fingerprint density at radius 3 is 2.69 bits per heavy atom. The van der Waals surface area contributed by atoms with Crippen LogP contribution in [0.5, 0.6) is 0 Å². The van der Waals surface area contributed by atoms with Gasteiger partial charge in [-0.3, -0.25) is 14.3 Å². The van der Waals surface area contributed by atoms with Gasteiger partial charge in [-0.15, -0.1) is 0 Å². The minimum Gasteiger partial charge on any atom is -0.388 e. The number of benzene rings is 1. The van der Waals surface area contributed by atoms with Crippen LogP contribution in [0.1, 0.15) is 23.8 Å². The van der Waals surface area contributed by atoms with E-state index in [9.17, 15) is 15.0 Å². The van der Waals surface area contributed by atoms with Crippen molar-refractivity contribution in [1.82, 2.24) is 29.8 Å². The zero-order valence-electron chi connectivity index (χ0n) is 19.9. The summed E-state index contributed by atoms with van der Waals surface area (Å²) in [6.07, 6.45) is 0.417. The number of rotatable bonds is 7. The Morgan fingerprint density at radius 1 is 1.14 bits per heavy atom. The first-order chi connectivity index (χ1) is 17.5. The Balaban J connectivity index is 1.56. The van der Waals surface area contributed by atoms with Crippen LogP contribution in [0.15, 0.2) is 55.1 Å². The lowest BCUT2D eigenvalue weighted by Gasteiger charge is -2.17. The second-order valence-electron chi connectivity index (χ2n) is 8.67. The number of amides is 1. The Kier molecular flexibility index (Phi) is 6.59. The first kappa shape index (κ1) is 23.8. The number of carbonyl (C=O) groups is 1. The van der Waals surface area contributed by atoms with Crippen LogP contribution in [-0.2, 0) is 16.1 Å². The number of imidazole rings is 1. The predicted octanol–water partition coefficient (Wildman–Crippen LogP) is 1.56. The molecule has 0 unspecified atom stereocenters. The van der Waals surface area contributed by atoms with Gasteiger partial charge in [0, 0.05) is 31.5 Å². The van der Waals surface area contributed by atoms with Gasteiger partial charge in [0.05, 0.1) is 18.9 Å². The average Bonchev–Trinajstić information content (AvgIpc) is 3.44. The molecule has 4 atom stereocenters. The molecule has 4 aromatic rings. The lowest BCUT2D eigenvalue weighted by Crippen LogP contribution is -2.34. The molecule has 36 heavy (non-hydrogen) atoms. The molecule has 0 spiro atoms. The standard InChI is InChI=1S/C25H27N7O4/c1-14-8-9-27-12-16(14)22-30-23(28-11-15-6-4-3-5-7-15)19-24(31-22)32(13-29-19)25-21(35)20(34)17(36-25)10-18(33)26-2/h3-9,12-13,17,20-21,25,34-35H,10-11H2,1-2H3,(H,26,33)(H,28,30,31)/t17-,20+,21+,25+/m0/s1. The fraction of sp³-hybridized carbons (Fsp3) is 0.320. The number of hydrogen-bond donors (Lipinski definition) is 4.